The summed E-state index contributed by atoms with van der Waals surface area (Å²) in [5.41, 5.74) is 2.68. The van der Waals surface area contributed by atoms with Crippen LogP contribution in [-0.4, -0.2) is 6.21 Å². The van der Waals surface area contributed by atoms with Gasteiger partial charge in [-0.15, -0.1) is 0 Å². The van der Waals surface area contributed by atoms with Gasteiger partial charge in [0, 0.05) is 22.4 Å². The average molecular weight is 240 g/mol. The maximum Gasteiger partial charge on any atom is 0.0406 e. The van der Waals surface area contributed by atoms with Gasteiger partial charge in [-0.1, -0.05) is 35.6 Å². The summed E-state index contributed by atoms with van der Waals surface area (Å²) in [6.45, 7) is 0. The molecule has 0 amide bonds. The van der Waals surface area contributed by atoms with Gasteiger partial charge in [-0.3, -0.25) is 0 Å². The first kappa shape index (κ1) is 11.4. The molecule has 0 aliphatic carbocycles. The fourth-order valence-corrected chi connectivity index (χ4v) is 1.51. The van der Waals surface area contributed by atoms with E-state index in [4.69, 9.17) is 17.0 Å². The Balaban J connectivity index is 2.26. The maximum absolute atomic E-state index is 7.17. The molecule has 0 aromatic heterocycles. The number of hydrogen-bond donors (Lipinski definition) is 1. The number of hydrogen-bond acceptors (Lipinski definition) is 1. The molecule has 2 aromatic carbocycles. The van der Waals surface area contributed by atoms with Gasteiger partial charge >= 0.3 is 0 Å². The summed E-state index contributed by atoms with van der Waals surface area (Å²) in [5, 5.41) is 7.88. The minimum Gasteiger partial charge on any atom is -0.308 e. The Morgan fingerprint density at radius 2 is 1.65 bits per heavy atom. The zero-order valence-electron chi connectivity index (χ0n) is 9.07. The Morgan fingerprint density at radius 1 is 0.941 bits per heavy atom. The second kappa shape index (κ2) is 5.34. The highest BCUT2D eigenvalue weighted by Crippen LogP contribution is 2.08. The monoisotopic (exact) mass is 239 g/mol. The van der Waals surface area contributed by atoms with Crippen LogP contribution in [0.2, 0.25) is 5.02 Å². The molecule has 0 saturated carbocycles. The molecule has 0 aliphatic heterocycles. The summed E-state index contributed by atoms with van der Waals surface area (Å²) < 4.78 is 0. The molecule has 1 N–H and O–H groups in total. The first-order valence-electron chi connectivity index (χ1n) is 5.16. The molecular weight excluding hydrogens is 230 g/mol. The van der Waals surface area contributed by atoms with Gasteiger partial charge in [0.2, 0.25) is 0 Å². The van der Waals surface area contributed by atoms with Gasteiger partial charge in [-0.05, 0) is 42.0 Å². The summed E-state index contributed by atoms with van der Waals surface area (Å²) in [4.78, 5) is 0. The molecule has 82 valence electrons. The zero-order valence-corrected chi connectivity index (χ0v) is 9.83. The third-order valence-electron chi connectivity index (χ3n) is 2.25. The predicted molar refractivity (Wildman–Crippen MR) is 71.8 cm³/mol. The van der Waals surface area contributed by atoms with Crippen molar-refractivity contribution in [2.75, 3.05) is 0 Å². The van der Waals surface area contributed by atoms with Crippen molar-refractivity contribution in [3.05, 3.63) is 70.2 Å². The van der Waals surface area contributed by atoms with E-state index in [0.717, 1.165) is 16.7 Å². The van der Waals surface area contributed by atoms with Crippen molar-refractivity contribution >= 4 is 17.8 Å². The van der Waals surface area contributed by atoms with E-state index >= 15 is 0 Å². The molecule has 0 spiro atoms. The van der Waals surface area contributed by atoms with Crippen molar-refractivity contribution in [3.63, 3.8) is 0 Å². The maximum atomic E-state index is 7.17. The van der Waals surface area contributed by atoms with E-state index in [-0.39, 0.29) is 0 Å². The Kier molecular flexibility index (Phi) is 3.59. The predicted octanol–water partition coefficient (Wildman–Crippen LogP) is 3.74. The summed E-state index contributed by atoms with van der Waals surface area (Å²) in [7, 11) is 0. The lowest BCUT2D eigenvalue weighted by molar-refractivity contribution is 1.53. The quantitative estimate of drug-likeness (QED) is 0.579. The lowest BCUT2D eigenvalue weighted by Crippen LogP contribution is -1.81. The van der Waals surface area contributed by atoms with Crippen LogP contribution in [0.25, 0.3) is 0 Å². The first-order valence-corrected chi connectivity index (χ1v) is 5.54. The van der Waals surface area contributed by atoms with E-state index < -0.39 is 0 Å². The van der Waals surface area contributed by atoms with Crippen LogP contribution in [0.15, 0.2) is 48.5 Å². The van der Waals surface area contributed by atoms with E-state index in [9.17, 15) is 0 Å². The first-order chi connectivity index (χ1) is 8.28. The van der Waals surface area contributed by atoms with Crippen LogP contribution in [0.1, 0.15) is 16.7 Å². The van der Waals surface area contributed by atoms with Crippen molar-refractivity contribution in [1.82, 2.24) is 0 Å². The molecule has 0 radical (unpaired) electrons. The average Bonchev–Trinajstić information content (AvgIpc) is 2.38. The van der Waals surface area contributed by atoms with Gasteiger partial charge in [0.05, 0.1) is 0 Å². The molecule has 1 nitrogen and oxygen atoms in total. The highest BCUT2D eigenvalue weighted by Gasteiger charge is 1.90. The van der Waals surface area contributed by atoms with E-state index in [1.807, 2.05) is 48.5 Å². The summed E-state index contributed by atoms with van der Waals surface area (Å²) in [6.07, 6.45) is 1.31. The Morgan fingerprint density at radius 3 is 2.35 bits per heavy atom. The standard InChI is InChI=1S/C15H10ClN/c16-15-8-6-12(7-9-15)4-5-13-2-1-3-14(10-13)11-17/h1-3,6-11,17H. The smallest absolute Gasteiger partial charge is 0.0406 e. The van der Waals surface area contributed by atoms with E-state index in [0.29, 0.717) is 5.02 Å². The molecule has 0 heterocycles. The Labute approximate surface area is 106 Å². The highest BCUT2D eigenvalue weighted by molar-refractivity contribution is 6.30. The van der Waals surface area contributed by atoms with Gasteiger partial charge in [0.1, 0.15) is 0 Å². The van der Waals surface area contributed by atoms with Gasteiger partial charge in [0.15, 0.2) is 0 Å². The number of rotatable bonds is 1. The molecule has 0 atom stereocenters. The van der Waals surface area contributed by atoms with Crippen molar-refractivity contribution < 1.29 is 0 Å². The van der Waals surface area contributed by atoms with Gasteiger partial charge < -0.3 is 5.41 Å². The fraction of sp³-hybridized carbons (Fsp3) is 0. The minimum atomic E-state index is 0.710. The third-order valence-corrected chi connectivity index (χ3v) is 2.50. The highest BCUT2D eigenvalue weighted by atomic mass is 35.5. The summed E-state index contributed by atoms with van der Waals surface area (Å²) in [6, 6.07) is 15.0. The largest absolute Gasteiger partial charge is 0.308 e. The van der Waals surface area contributed by atoms with Crippen molar-refractivity contribution in [2.45, 2.75) is 0 Å². The van der Waals surface area contributed by atoms with Crippen LogP contribution in [0, 0.1) is 17.3 Å². The van der Waals surface area contributed by atoms with Crippen LogP contribution in [0.5, 0.6) is 0 Å². The molecular formula is C15H10ClN. The lowest BCUT2D eigenvalue weighted by atomic mass is 10.1. The molecule has 0 unspecified atom stereocenters. The second-order valence-corrected chi connectivity index (χ2v) is 3.96. The van der Waals surface area contributed by atoms with Crippen molar-refractivity contribution in [3.8, 4) is 11.8 Å². The minimum absolute atomic E-state index is 0.710. The zero-order chi connectivity index (χ0) is 12.1. The fourth-order valence-electron chi connectivity index (χ4n) is 1.38. The van der Waals surface area contributed by atoms with E-state index in [1.54, 1.807) is 0 Å². The third kappa shape index (κ3) is 3.21. The van der Waals surface area contributed by atoms with Crippen LogP contribution in [0.3, 0.4) is 0 Å². The number of halogens is 1. The van der Waals surface area contributed by atoms with Crippen LogP contribution >= 0.6 is 11.6 Å². The molecule has 0 saturated heterocycles. The van der Waals surface area contributed by atoms with Crippen LogP contribution < -0.4 is 0 Å². The number of nitrogens with one attached hydrogen (secondary N) is 1. The molecule has 0 fully saturated rings. The molecule has 2 rings (SSSR count). The SMILES string of the molecule is N=Cc1cccc(C#Cc2ccc(Cl)cc2)c1. The van der Waals surface area contributed by atoms with Crippen LogP contribution in [-0.2, 0) is 0 Å². The summed E-state index contributed by atoms with van der Waals surface area (Å²) in [5.74, 6) is 6.11. The van der Waals surface area contributed by atoms with E-state index in [2.05, 4.69) is 11.8 Å². The Hall–Kier alpha value is -2.04. The molecule has 2 heteroatoms. The molecule has 17 heavy (non-hydrogen) atoms. The topological polar surface area (TPSA) is 23.9 Å². The van der Waals surface area contributed by atoms with Crippen LogP contribution in [0.4, 0.5) is 0 Å². The normalized spacial score (nSPS) is 9.24. The van der Waals surface area contributed by atoms with Crippen molar-refractivity contribution in [2.24, 2.45) is 0 Å². The van der Waals surface area contributed by atoms with Gasteiger partial charge in [-0.25, -0.2) is 0 Å². The van der Waals surface area contributed by atoms with Gasteiger partial charge in [0.25, 0.3) is 0 Å². The Bertz CT molecular complexity index is 588. The molecule has 0 aliphatic rings. The van der Waals surface area contributed by atoms with E-state index in [1.165, 1.54) is 6.21 Å². The summed E-state index contributed by atoms with van der Waals surface area (Å²) >= 11 is 5.80. The van der Waals surface area contributed by atoms with Crippen molar-refractivity contribution in [1.29, 1.82) is 5.41 Å². The lowest BCUT2D eigenvalue weighted by Gasteiger charge is -1.93. The molecule has 2 aromatic rings. The number of benzene rings is 2. The van der Waals surface area contributed by atoms with Gasteiger partial charge in [-0.2, -0.15) is 0 Å². The molecule has 0 bridgehead atoms. The second-order valence-electron chi connectivity index (χ2n) is 3.53.